The fourth-order valence-electron chi connectivity index (χ4n) is 3.21. The van der Waals surface area contributed by atoms with Crippen LogP contribution in [0.1, 0.15) is 33.6 Å². The standard InChI is InChI=1S/C17H27ClN2O/c1-5-9-19-15-8-10-20(13(3)12(15)2)16-11-14(18)6-7-17(16)21-4/h6-7,11-13,15,19H,5,8-10H2,1-4H3. The average molecular weight is 311 g/mol. The lowest BCUT2D eigenvalue weighted by Crippen LogP contribution is -2.53. The molecule has 1 N–H and O–H groups in total. The van der Waals surface area contributed by atoms with E-state index in [1.807, 2.05) is 18.2 Å². The van der Waals surface area contributed by atoms with Gasteiger partial charge in [0.2, 0.25) is 0 Å². The SMILES string of the molecule is CCCNC1CCN(c2cc(Cl)ccc2OC)C(C)C1C. The van der Waals surface area contributed by atoms with Crippen LogP contribution in [0.15, 0.2) is 18.2 Å². The first-order chi connectivity index (χ1) is 10.1. The van der Waals surface area contributed by atoms with Crippen LogP contribution in [-0.4, -0.2) is 32.3 Å². The normalized spacial score (nSPS) is 26.0. The summed E-state index contributed by atoms with van der Waals surface area (Å²) in [6.45, 7) is 8.98. The summed E-state index contributed by atoms with van der Waals surface area (Å²) < 4.78 is 5.51. The molecule has 1 fully saturated rings. The second-order valence-corrected chi connectivity index (χ2v) is 6.40. The number of hydrogen-bond donors (Lipinski definition) is 1. The number of halogens is 1. The molecular formula is C17H27ClN2O. The lowest BCUT2D eigenvalue weighted by molar-refractivity contribution is 0.269. The molecule has 0 saturated carbocycles. The molecule has 21 heavy (non-hydrogen) atoms. The molecule has 0 amide bonds. The number of methoxy groups -OCH3 is 1. The van der Waals surface area contributed by atoms with Gasteiger partial charge in [-0.1, -0.05) is 25.4 Å². The van der Waals surface area contributed by atoms with Crippen LogP contribution in [0.4, 0.5) is 5.69 Å². The molecule has 3 nitrogen and oxygen atoms in total. The third-order valence-electron chi connectivity index (χ3n) is 4.68. The van der Waals surface area contributed by atoms with E-state index in [0.717, 1.165) is 36.0 Å². The van der Waals surface area contributed by atoms with Crippen molar-refractivity contribution >= 4 is 17.3 Å². The third-order valence-corrected chi connectivity index (χ3v) is 4.91. The minimum Gasteiger partial charge on any atom is -0.495 e. The Morgan fingerprint density at radius 1 is 1.38 bits per heavy atom. The highest BCUT2D eigenvalue weighted by molar-refractivity contribution is 6.30. The highest BCUT2D eigenvalue weighted by atomic mass is 35.5. The lowest BCUT2D eigenvalue weighted by Gasteiger charge is -2.44. The number of nitrogens with zero attached hydrogens (tertiary/aromatic N) is 1. The summed E-state index contributed by atoms with van der Waals surface area (Å²) in [6.07, 6.45) is 2.34. The van der Waals surface area contributed by atoms with Crippen molar-refractivity contribution < 1.29 is 4.74 Å². The number of anilines is 1. The average Bonchev–Trinajstić information content (AvgIpc) is 2.49. The maximum Gasteiger partial charge on any atom is 0.142 e. The predicted molar refractivity (Wildman–Crippen MR) is 90.7 cm³/mol. The summed E-state index contributed by atoms with van der Waals surface area (Å²) >= 11 is 6.18. The molecule has 3 unspecified atom stereocenters. The molecule has 2 rings (SSSR count). The van der Waals surface area contributed by atoms with Crippen molar-refractivity contribution in [3.8, 4) is 5.75 Å². The Labute approximate surface area is 133 Å². The Hall–Kier alpha value is -0.930. The Morgan fingerprint density at radius 3 is 2.81 bits per heavy atom. The van der Waals surface area contributed by atoms with E-state index in [1.54, 1.807) is 7.11 Å². The highest BCUT2D eigenvalue weighted by Crippen LogP contribution is 2.36. The zero-order valence-electron chi connectivity index (χ0n) is 13.5. The molecule has 4 heteroatoms. The largest absolute Gasteiger partial charge is 0.495 e. The third kappa shape index (κ3) is 3.64. The molecule has 0 spiro atoms. The van der Waals surface area contributed by atoms with Gasteiger partial charge in [0.25, 0.3) is 0 Å². The van der Waals surface area contributed by atoms with Crippen molar-refractivity contribution in [2.45, 2.75) is 45.7 Å². The molecule has 0 bridgehead atoms. The number of hydrogen-bond acceptors (Lipinski definition) is 3. The van der Waals surface area contributed by atoms with Gasteiger partial charge in [-0.3, -0.25) is 0 Å². The van der Waals surface area contributed by atoms with Gasteiger partial charge in [0.1, 0.15) is 5.75 Å². The zero-order chi connectivity index (χ0) is 15.4. The first kappa shape index (κ1) is 16.4. The predicted octanol–water partition coefficient (Wildman–Crippen LogP) is 3.95. The second-order valence-electron chi connectivity index (χ2n) is 5.96. The van der Waals surface area contributed by atoms with Gasteiger partial charge in [0.15, 0.2) is 0 Å². The van der Waals surface area contributed by atoms with E-state index in [1.165, 1.54) is 6.42 Å². The van der Waals surface area contributed by atoms with Crippen molar-refractivity contribution in [2.24, 2.45) is 5.92 Å². The van der Waals surface area contributed by atoms with Crippen LogP contribution in [0.25, 0.3) is 0 Å². The first-order valence-electron chi connectivity index (χ1n) is 7.92. The van der Waals surface area contributed by atoms with E-state index in [0.29, 0.717) is 18.0 Å². The molecule has 1 aliphatic rings. The summed E-state index contributed by atoms with van der Waals surface area (Å²) in [6, 6.07) is 6.91. The van der Waals surface area contributed by atoms with Gasteiger partial charge in [0, 0.05) is 23.7 Å². The van der Waals surface area contributed by atoms with Crippen LogP contribution in [0.5, 0.6) is 5.75 Å². The van der Waals surface area contributed by atoms with Crippen LogP contribution in [-0.2, 0) is 0 Å². The van der Waals surface area contributed by atoms with Crippen LogP contribution in [0, 0.1) is 5.92 Å². The van der Waals surface area contributed by atoms with Gasteiger partial charge < -0.3 is 15.0 Å². The highest BCUT2D eigenvalue weighted by Gasteiger charge is 2.33. The topological polar surface area (TPSA) is 24.5 Å². The van der Waals surface area contributed by atoms with Gasteiger partial charge in [0.05, 0.1) is 12.8 Å². The van der Waals surface area contributed by atoms with Crippen molar-refractivity contribution in [2.75, 3.05) is 25.1 Å². The van der Waals surface area contributed by atoms with E-state index in [4.69, 9.17) is 16.3 Å². The fourth-order valence-corrected chi connectivity index (χ4v) is 3.38. The molecule has 0 radical (unpaired) electrons. The van der Waals surface area contributed by atoms with Crippen LogP contribution in [0.3, 0.4) is 0 Å². The number of rotatable bonds is 5. The Kier molecular flexibility index (Phi) is 5.77. The molecule has 1 saturated heterocycles. The van der Waals surface area contributed by atoms with Crippen molar-refractivity contribution in [1.29, 1.82) is 0 Å². The summed E-state index contributed by atoms with van der Waals surface area (Å²) in [4.78, 5) is 2.43. The summed E-state index contributed by atoms with van der Waals surface area (Å²) in [5, 5.41) is 4.44. The maximum atomic E-state index is 6.18. The zero-order valence-corrected chi connectivity index (χ0v) is 14.3. The van der Waals surface area contributed by atoms with E-state index < -0.39 is 0 Å². The Bertz CT molecular complexity index is 466. The van der Waals surface area contributed by atoms with Gasteiger partial charge >= 0.3 is 0 Å². The van der Waals surface area contributed by atoms with Gasteiger partial charge in [-0.15, -0.1) is 0 Å². The maximum absolute atomic E-state index is 6.18. The van der Waals surface area contributed by atoms with Crippen molar-refractivity contribution in [1.82, 2.24) is 5.32 Å². The number of ether oxygens (including phenoxy) is 1. The van der Waals surface area contributed by atoms with E-state index in [2.05, 4.69) is 31.0 Å². The minimum atomic E-state index is 0.459. The second kappa shape index (κ2) is 7.37. The summed E-state index contributed by atoms with van der Waals surface area (Å²) in [5.74, 6) is 1.49. The lowest BCUT2D eigenvalue weighted by atomic mass is 9.86. The molecule has 1 aromatic rings. The van der Waals surface area contributed by atoms with Crippen LogP contribution >= 0.6 is 11.6 Å². The van der Waals surface area contributed by atoms with Gasteiger partial charge in [-0.05, 0) is 50.4 Å². The minimum absolute atomic E-state index is 0.459. The summed E-state index contributed by atoms with van der Waals surface area (Å²) in [7, 11) is 1.72. The van der Waals surface area contributed by atoms with Gasteiger partial charge in [-0.25, -0.2) is 0 Å². The Balaban J connectivity index is 2.17. The number of piperidine rings is 1. The molecule has 118 valence electrons. The molecule has 1 aliphatic heterocycles. The summed E-state index contributed by atoms with van der Waals surface area (Å²) in [5.41, 5.74) is 1.11. The van der Waals surface area contributed by atoms with Crippen molar-refractivity contribution in [3.05, 3.63) is 23.2 Å². The number of benzene rings is 1. The van der Waals surface area contributed by atoms with E-state index in [9.17, 15) is 0 Å². The molecular weight excluding hydrogens is 284 g/mol. The molecule has 3 atom stereocenters. The smallest absolute Gasteiger partial charge is 0.142 e. The Morgan fingerprint density at radius 2 is 2.14 bits per heavy atom. The van der Waals surface area contributed by atoms with E-state index >= 15 is 0 Å². The van der Waals surface area contributed by atoms with E-state index in [-0.39, 0.29) is 0 Å². The fraction of sp³-hybridized carbons (Fsp3) is 0.647. The van der Waals surface area contributed by atoms with Crippen molar-refractivity contribution in [3.63, 3.8) is 0 Å². The molecule has 0 aromatic heterocycles. The van der Waals surface area contributed by atoms with Crippen LogP contribution < -0.4 is 15.0 Å². The number of nitrogens with one attached hydrogen (secondary N) is 1. The molecule has 0 aliphatic carbocycles. The molecule has 1 heterocycles. The first-order valence-corrected chi connectivity index (χ1v) is 8.29. The quantitative estimate of drug-likeness (QED) is 0.891. The monoisotopic (exact) mass is 310 g/mol. The van der Waals surface area contributed by atoms with Crippen LogP contribution in [0.2, 0.25) is 5.02 Å². The van der Waals surface area contributed by atoms with Gasteiger partial charge in [-0.2, -0.15) is 0 Å². The molecule has 1 aromatic carbocycles.